The first-order chi connectivity index (χ1) is 8.93. The second kappa shape index (κ2) is 6.78. The van der Waals surface area contributed by atoms with Crippen molar-refractivity contribution in [3.8, 4) is 0 Å². The number of hydrogen-bond donors (Lipinski definition) is 3. The highest BCUT2D eigenvalue weighted by atomic mass is 16.2. The lowest BCUT2D eigenvalue weighted by Crippen LogP contribution is -2.40. The summed E-state index contributed by atoms with van der Waals surface area (Å²) in [5, 5.41) is 5.35. The summed E-state index contributed by atoms with van der Waals surface area (Å²) in [5.74, 6) is -0.492. The lowest BCUT2D eigenvalue weighted by molar-refractivity contribution is -0.120. The maximum atomic E-state index is 11.8. The lowest BCUT2D eigenvalue weighted by Gasteiger charge is -2.12. The van der Waals surface area contributed by atoms with Crippen LogP contribution in [0.5, 0.6) is 0 Å². The highest BCUT2D eigenvalue weighted by Gasteiger charge is 2.10. The molecule has 2 amide bonds. The van der Waals surface area contributed by atoms with Crippen molar-refractivity contribution < 1.29 is 9.59 Å². The van der Waals surface area contributed by atoms with Gasteiger partial charge in [0.05, 0.1) is 6.54 Å². The number of nitrogens with one attached hydrogen (secondary N) is 2. The first kappa shape index (κ1) is 15.0. The van der Waals surface area contributed by atoms with Crippen LogP contribution >= 0.6 is 0 Å². The maximum Gasteiger partial charge on any atom is 0.251 e. The zero-order chi connectivity index (χ0) is 14.4. The van der Waals surface area contributed by atoms with Gasteiger partial charge in [0, 0.05) is 17.3 Å². The van der Waals surface area contributed by atoms with Crippen LogP contribution in [0.2, 0.25) is 0 Å². The molecule has 5 heteroatoms. The monoisotopic (exact) mass is 263 g/mol. The van der Waals surface area contributed by atoms with Crippen molar-refractivity contribution in [2.45, 2.75) is 33.2 Å². The van der Waals surface area contributed by atoms with Gasteiger partial charge in [-0.3, -0.25) is 9.59 Å². The van der Waals surface area contributed by atoms with Crippen LogP contribution in [0.1, 0.15) is 36.2 Å². The molecule has 1 aromatic carbocycles. The third kappa shape index (κ3) is 4.62. The Bertz CT molecular complexity index is 472. The van der Waals surface area contributed by atoms with E-state index in [1.165, 1.54) is 0 Å². The standard InChI is InChI=1S/C14H21N3O2/c1-4-10(3)17-13(18)8-16-14(19)11-6-5-9(2)12(15)7-11/h5-7,10H,4,8,15H2,1-3H3,(H,16,19)(H,17,18). The van der Waals surface area contributed by atoms with Gasteiger partial charge in [-0.05, 0) is 38.0 Å². The zero-order valence-electron chi connectivity index (χ0n) is 11.6. The van der Waals surface area contributed by atoms with Crippen molar-refractivity contribution in [1.82, 2.24) is 10.6 Å². The topological polar surface area (TPSA) is 84.2 Å². The van der Waals surface area contributed by atoms with Crippen LogP contribution < -0.4 is 16.4 Å². The number of benzene rings is 1. The Morgan fingerprint density at radius 1 is 1.37 bits per heavy atom. The average molecular weight is 263 g/mol. The van der Waals surface area contributed by atoms with Gasteiger partial charge in [-0.15, -0.1) is 0 Å². The molecule has 1 rings (SSSR count). The molecule has 4 N–H and O–H groups in total. The van der Waals surface area contributed by atoms with Gasteiger partial charge in [-0.25, -0.2) is 0 Å². The van der Waals surface area contributed by atoms with E-state index in [4.69, 9.17) is 5.73 Å². The van der Waals surface area contributed by atoms with E-state index in [2.05, 4.69) is 10.6 Å². The minimum Gasteiger partial charge on any atom is -0.398 e. The number of hydrogen-bond acceptors (Lipinski definition) is 3. The first-order valence-electron chi connectivity index (χ1n) is 6.37. The van der Waals surface area contributed by atoms with Crippen LogP contribution in [0.4, 0.5) is 5.69 Å². The van der Waals surface area contributed by atoms with Crippen LogP contribution in [-0.4, -0.2) is 24.4 Å². The Hall–Kier alpha value is -2.04. The van der Waals surface area contributed by atoms with Crippen LogP contribution in [0.3, 0.4) is 0 Å². The number of nitrogen functional groups attached to an aromatic ring is 1. The van der Waals surface area contributed by atoms with E-state index >= 15 is 0 Å². The molecule has 0 aromatic heterocycles. The highest BCUT2D eigenvalue weighted by Crippen LogP contribution is 2.12. The summed E-state index contributed by atoms with van der Waals surface area (Å²) in [6.07, 6.45) is 0.855. The molecular formula is C14H21N3O2. The van der Waals surface area contributed by atoms with Crippen molar-refractivity contribution in [2.75, 3.05) is 12.3 Å². The van der Waals surface area contributed by atoms with E-state index in [1.807, 2.05) is 20.8 Å². The Labute approximate surface area is 113 Å². The molecule has 0 heterocycles. The van der Waals surface area contributed by atoms with E-state index in [0.29, 0.717) is 11.3 Å². The number of nitrogens with two attached hydrogens (primary N) is 1. The molecule has 1 aromatic rings. The predicted octanol–water partition coefficient (Wildman–Crippen LogP) is 1.22. The highest BCUT2D eigenvalue weighted by molar-refractivity contribution is 5.97. The third-order valence-electron chi connectivity index (χ3n) is 2.97. The van der Waals surface area contributed by atoms with E-state index in [1.54, 1.807) is 18.2 Å². The molecule has 0 aliphatic carbocycles. The Morgan fingerprint density at radius 2 is 2.05 bits per heavy atom. The summed E-state index contributed by atoms with van der Waals surface area (Å²) < 4.78 is 0. The van der Waals surface area contributed by atoms with Crippen molar-refractivity contribution >= 4 is 17.5 Å². The van der Waals surface area contributed by atoms with Gasteiger partial charge in [-0.1, -0.05) is 13.0 Å². The summed E-state index contributed by atoms with van der Waals surface area (Å²) in [6.45, 7) is 5.74. The number of rotatable bonds is 5. The minimum absolute atomic E-state index is 0.0308. The fraction of sp³-hybridized carbons (Fsp3) is 0.429. The summed E-state index contributed by atoms with van der Waals surface area (Å²) in [6, 6.07) is 5.19. The number of carbonyl (C=O) groups excluding carboxylic acids is 2. The first-order valence-corrected chi connectivity index (χ1v) is 6.37. The van der Waals surface area contributed by atoms with Crippen molar-refractivity contribution in [2.24, 2.45) is 0 Å². The molecule has 5 nitrogen and oxygen atoms in total. The van der Waals surface area contributed by atoms with Crippen LogP contribution in [0.15, 0.2) is 18.2 Å². The molecule has 1 atom stereocenters. The number of amides is 2. The molecule has 104 valence electrons. The van der Waals surface area contributed by atoms with Crippen LogP contribution in [0.25, 0.3) is 0 Å². The van der Waals surface area contributed by atoms with Gasteiger partial charge in [0.1, 0.15) is 0 Å². The molecule has 0 bridgehead atoms. The predicted molar refractivity (Wildman–Crippen MR) is 75.8 cm³/mol. The van der Waals surface area contributed by atoms with Gasteiger partial charge in [0.25, 0.3) is 5.91 Å². The molecule has 19 heavy (non-hydrogen) atoms. The summed E-state index contributed by atoms with van der Waals surface area (Å²) >= 11 is 0. The van der Waals surface area contributed by atoms with Gasteiger partial charge >= 0.3 is 0 Å². The van der Waals surface area contributed by atoms with E-state index in [9.17, 15) is 9.59 Å². The van der Waals surface area contributed by atoms with Gasteiger partial charge in [0.2, 0.25) is 5.91 Å². The van der Waals surface area contributed by atoms with E-state index in [0.717, 1.165) is 12.0 Å². The summed E-state index contributed by atoms with van der Waals surface area (Å²) in [4.78, 5) is 23.3. The van der Waals surface area contributed by atoms with Crippen LogP contribution in [-0.2, 0) is 4.79 Å². The fourth-order valence-corrected chi connectivity index (χ4v) is 1.47. The van der Waals surface area contributed by atoms with E-state index in [-0.39, 0.29) is 24.4 Å². The molecule has 0 spiro atoms. The largest absolute Gasteiger partial charge is 0.398 e. The molecular weight excluding hydrogens is 242 g/mol. The van der Waals surface area contributed by atoms with Gasteiger partial charge in [0.15, 0.2) is 0 Å². The second-order valence-electron chi connectivity index (χ2n) is 4.63. The van der Waals surface area contributed by atoms with Crippen molar-refractivity contribution in [1.29, 1.82) is 0 Å². The Balaban J connectivity index is 2.51. The Morgan fingerprint density at radius 3 is 2.63 bits per heavy atom. The molecule has 0 saturated carbocycles. The number of anilines is 1. The summed E-state index contributed by atoms with van der Waals surface area (Å²) in [7, 11) is 0. The number of carbonyl (C=O) groups is 2. The molecule has 0 radical (unpaired) electrons. The quantitative estimate of drug-likeness (QED) is 0.698. The third-order valence-corrected chi connectivity index (χ3v) is 2.97. The average Bonchev–Trinajstić information content (AvgIpc) is 2.39. The van der Waals surface area contributed by atoms with Crippen molar-refractivity contribution in [3.05, 3.63) is 29.3 Å². The number of aryl methyl sites for hydroxylation is 1. The molecule has 0 aliphatic rings. The molecule has 0 fully saturated rings. The SMILES string of the molecule is CCC(C)NC(=O)CNC(=O)c1ccc(C)c(N)c1. The van der Waals surface area contributed by atoms with Crippen molar-refractivity contribution in [3.63, 3.8) is 0 Å². The Kier molecular flexibility index (Phi) is 5.36. The maximum absolute atomic E-state index is 11.8. The molecule has 1 unspecified atom stereocenters. The second-order valence-corrected chi connectivity index (χ2v) is 4.63. The molecule has 0 saturated heterocycles. The molecule has 0 aliphatic heterocycles. The van der Waals surface area contributed by atoms with Gasteiger partial charge < -0.3 is 16.4 Å². The fourth-order valence-electron chi connectivity index (χ4n) is 1.47. The summed E-state index contributed by atoms with van der Waals surface area (Å²) in [5.41, 5.74) is 7.69. The lowest BCUT2D eigenvalue weighted by atomic mass is 10.1. The van der Waals surface area contributed by atoms with Gasteiger partial charge in [-0.2, -0.15) is 0 Å². The van der Waals surface area contributed by atoms with Crippen LogP contribution in [0, 0.1) is 6.92 Å². The minimum atomic E-state index is -0.300. The normalized spacial score (nSPS) is 11.7. The zero-order valence-corrected chi connectivity index (χ0v) is 11.6. The smallest absolute Gasteiger partial charge is 0.251 e. The van der Waals surface area contributed by atoms with E-state index < -0.39 is 0 Å².